The number of carbonyl (C=O) groups is 1. The summed E-state index contributed by atoms with van der Waals surface area (Å²) in [6, 6.07) is 7.93. The van der Waals surface area contributed by atoms with Crippen LogP contribution in [0.4, 0.5) is 0 Å². The number of rotatable bonds is 4. The lowest BCUT2D eigenvalue weighted by Gasteiger charge is -2.10. The van der Waals surface area contributed by atoms with Crippen LogP contribution >= 0.6 is 46.4 Å². The average Bonchev–Trinajstić information content (AvgIpc) is 2.41. The Kier molecular flexibility index (Phi) is 5.22. The molecular weight excluding hydrogens is 358 g/mol. The second-order valence-corrected chi connectivity index (χ2v) is 5.70. The molecule has 3 nitrogen and oxygen atoms in total. The standard InChI is InChI=1S/C14H8Cl4O3/c15-10-3-7(21-6-14(19)20)1-2-8(10)9-4-12(17)13(18)5-11(9)16/h1-5H,6H2,(H,19,20). The van der Waals surface area contributed by atoms with Crippen molar-refractivity contribution in [3.8, 4) is 16.9 Å². The van der Waals surface area contributed by atoms with Crippen LogP contribution in [0.1, 0.15) is 0 Å². The molecule has 0 aliphatic heterocycles. The molecule has 0 aromatic heterocycles. The van der Waals surface area contributed by atoms with E-state index in [0.29, 0.717) is 37.0 Å². The van der Waals surface area contributed by atoms with E-state index < -0.39 is 12.6 Å². The summed E-state index contributed by atoms with van der Waals surface area (Å²) in [5.41, 5.74) is 1.27. The van der Waals surface area contributed by atoms with Gasteiger partial charge in [-0.25, -0.2) is 4.79 Å². The maximum absolute atomic E-state index is 10.5. The fourth-order valence-electron chi connectivity index (χ4n) is 1.68. The molecule has 0 amide bonds. The lowest BCUT2D eigenvalue weighted by molar-refractivity contribution is -0.139. The van der Waals surface area contributed by atoms with Gasteiger partial charge in [0.2, 0.25) is 0 Å². The van der Waals surface area contributed by atoms with Crippen molar-refractivity contribution >= 4 is 52.4 Å². The lowest BCUT2D eigenvalue weighted by Crippen LogP contribution is -2.09. The number of carboxylic acid groups (broad SMARTS) is 1. The zero-order valence-corrected chi connectivity index (χ0v) is 13.4. The van der Waals surface area contributed by atoms with Crippen LogP contribution in [0.25, 0.3) is 11.1 Å². The van der Waals surface area contributed by atoms with Crippen LogP contribution < -0.4 is 4.74 Å². The highest BCUT2D eigenvalue weighted by molar-refractivity contribution is 6.44. The predicted molar refractivity (Wildman–Crippen MR) is 85.0 cm³/mol. The van der Waals surface area contributed by atoms with Gasteiger partial charge in [-0.3, -0.25) is 0 Å². The smallest absolute Gasteiger partial charge is 0.341 e. The first-order valence-electron chi connectivity index (χ1n) is 5.67. The van der Waals surface area contributed by atoms with Crippen LogP contribution in [-0.2, 0) is 4.79 Å². The van der Waals surface area contributed by atoms with Crippen molar-refractivity contribution in [2.75, 3.05) is 6.61 Å². The molecule has 0 saturated carbocycles. The summed E-state index contributed by atoms with van der Waals surface area (Å²) < 4.78 is 5.05. The molecule has 0 bridgehead atoms. The Labute approximate surface area is 141 Å². The van der Waals surface area contributed by atoms with Crippen molar-refractivity contribution in [1.82, 2.24) is 0 Å². The van der Waals surface area contributed by atoms with E-state index in [0.717, 1.165) is 0 Å². The molecule has 0 spiro atoms. The van der Waals surface area contributed by atoms with E-state index in [2.05, 4.69) is 0 Å². The summed E-state index contributed by atoms with van der Waals surface area (Å²) in [5, 5.41) is 10.0. The van der Waals surface area contributed by atoms with Crippen molar-refractivity contribution < 1.29 is 14.6 Å². The lowest BCUT2D eigenvalue weighted by atomic mass is 10.1. The summed E-state index contributed by atoms with van der Waals surface area (Å²) >= 11 is 24.2. The Hall–Kier alpha value is -1.13. The molecule has 2 rings (SSSR count). The third kappa shape index (κ3) is 3.95. The van der Waals surface area contributed by atoms with E-state index in [4.69, 9.17) is 56.2 Å². The third-order valence-corrected chi connectivity index (χ3v) is 3.95. The molecule has 21 heavy (non-hydrogen) atoms. The Morgan fingerprint density at radius 2 is 1.52 bits per heavy atom. The van der Waals surface area contributed by atoms with Crippen molar-refractivity contribution in [1.29, 1.82) is 0 Å². The van der Waals surface area contributed by atoms with Gasteiger partial charge < -0.3 is 9.84 Å². The Morgan fingerprint density at radius 1 is 0.905 bits per heavy atom. The Balaban J connectivity index is 2.37. The molecule has 0 radical (unpaired) electrons. The zero-order valence-electron chi connectivity index (χ0n) is 10.4. The van der Waals surface area contributed by atoms with Crippen LogP contribution in [0.15, 0.2) is 30.3 Å². The van der Waals surface area contributed by atoms with Gasteiger partial charge in [0.1, 0.15) is 5.75 Å². The molecule has 0 fully saturated rings. The van der Waals surface area contributed by atoms with Crippen LogP contribution in [0, 0.1) is 0 Å². The molecule has 110 valence electrons. The number of aliphatic carboxylic acids is 1. The van der Waals surface area contributed by atoms with Gasteiger partial charge in [0.05, 0.1) is 20.1 Å². The summed E-state index contributed by atoms with van der Waals surface area (Å²) in [6.45, 7) is -0.441. The van der Waals surface area contributed by atoms with Gasteiger partial charge in [-0.2, -0.15) is 0 Å². The van der Waals surface area contributed by atoms with Gasteiger partial charge >= 0.3 is 5.97 Å². The maximum Gasteiger partial charge on any atom is 0.341 e. The summed E-state index contributed by atoms with van der Waals surface area (Å²) in [4.78, 5) is 10.5. The maximum atomic E-state index is 10.5. The summed E-state index contributed by atoms with van der Waals surface area (Å²) in [6.07, 6.45) is 0. The van der Waals surface area contributed by atoms with E-state index >= 15 is 0 Å². The molecule has 0 unspecified atom stereocenters. The largest absolute Gasteiger partial charge is 0.482 e. The second-order valence-electron chi connectivity index (χ2n) is 4.07. The first kappa shape index (κ1) is 16.2. The fourth-order valence-corrected chi connectivity index (χ4v) is 2.60. The molecule has 1 N–H and O–H groups in total. The van der Waals surface area contributed by atoms with Crippen molar-refractivity contribution in [3.63, 3.8) is 0 Å². The van der Waals surface area contributed by atoms with Crippen molar-refractivity contribution in [2.45, 2.75) is 0 Å². The Morgan fingerprint density at radius 3 is 2.14 bits per heavy atom. The summed E-state index contributed by atoms with van der Waals surface area (Å²) in [7, 11) is 0. The highest BCUT2D eigenvalue weighted by Crippen LogP contribution is 2.39. The number of hydrogen-bond donors (Lipinski definition) is 1. The average molecular weight is 366 g/mol. The monoisotopic (exact) mass is 364 g/mol. The number of carboxylic acids is 1. The molecule has 0 saturated heterocycles. The molecule has 2 aromatic carbocycles. The van der Waals surface area contributed by atoms with Gasteiger partial charge in [0, 0.05) is 11.1 Å². The van der Waals surface area contributed by atoms with Gasteiger partial charge in [-0.15, -0.1) is 0 Å². The Bertz CT molecular complexity index is 701. The van der Waals surface area contributed by atoms with Crippen LogP contribution in [0.3, 0.4) is 0 Å². The van der Waals surface area contributed by atoms with Crippen LogP contribution in [0.5, 0.6) is 5.75 Å². The predicted octanol–water partition coefficient (Wildman–Crippen LogP) is 5.43. The molecule has 0 atom stereocenters. The van der Waals surface area contributed by atoms with Crippen molar-refractivity contribution in [2.24, 2.45) is 0 Å². The van der Waals surface area contributed by atoms with Gasteiger partial charge in [-0.1, -0.05) is 46.4 Å². The SMILES string of the molecule is O=C(O)COc1ccc(-c2cc(Cl)c(Cl)cc2Cl)c(Cl)c1. The van der Waals surface area contributed by atoms with E-state index in [-0.39, 0.29) is 0 Å². The number of ether oxygens (including phenoxy) is 1. The first-order valence-corrected chi connectivity index (χ1v) is 7.18. The highest BCUT2D eigenvalue weighted by Gasteiger charge is 2.12. The molecule has 0 heterocycles. The van der Waals surface area contributed by atoms with E-state index in [1.165, 1.54) is 12.1 Å². The summed E-state index contributed by atoms with van der Waals surface area (Å²) in [5.74, 6) is -0.718. The van der Waals surface area contributed by atoms with E-state index in [9.17, 15) is 4.79 Å². The molecule has 0 aliphatic carbocycles. The highest BCUT2D eigenvalue weighted by atomic mass is 35.5. The van der Waals surface area contributed by atoms with Crippen LogP contribution in [0.2, 0.25) is 20.1 Å². The first-order chi connectivity index (χ1) is 9.88. The molecular formula is C14H8Cl4O3. The minimum atomic E-state index is -1.07. The zero-order chi connectivity index (χ0) is 15.6. The van der Waals surface area contributed by atoms with Crippen molar-refractivity contribution in [3.05, 3.63) is 50.4 Å². The fraction of sp³-hybridized carbons (Fsp3) is 0.0714. The van der Waals surface area contributed by atoms with Gasteiger partial charge in [-0.05, 0) is 30.3 Å². The van der Waals surface area contributed by atoms with Gasteiger partial charge in [0.15, 0.2) is 6.61 Å². The third-order valence-electron chi connectivity index (χ3n) is 2.60. The topological polar surface area (TPSA) is 46.5 Å². The molecule has 7 heteroatoms. The minimum Gasteiger partial charge on any atom is -0.482 e. The quantitative estimate of drug-likeness (QED) is 0.734. The number of halogens is 4. The number of hydrogen-bond acceptors (Lipinski definition) is 2. The number of benzene rings is 2. The minimum absolute atomic E-state index is 0.349. The van der Waals surface area contributed by atoms with Crippen LogP contribution in [-0.4, -0.2) is 17.7 Å². The molecule has 0 aliphatic rings. The van der Waals surface area contributed by atoms with Gasteiger partial charge in [0.25, 0.3) is 0 Å². The second kappa shape index (κ2) is 6.75. The van der Waals surface area contributed by atoms with E-state index in [1.807, 2.05) is 0 Å². The van der Waals surface area contributed by atoms with E-state index in [1.54, 1.807) is 18.2 Å². The molecule has 2 aromatic rings. The normalized spacial score (nSPS) is 10.5.